The van der Waals surface area contributed by atoms with Crippen molar-refractivity contribution in [3.05, 3.63) is 16.1 Å². The highest BCUT2D eigenvalue weighted by Gasteiger charge is 2.42. The molecule has 2 fully saturated rings. The molecule has 1 unspecified atom stereocenters. The van der Waals surface area contributed by atoms with E-state index in [1.807, 2.05) is 7.05 Å². The van der Waals surface area contributed by atoms with E-state index in [2.05, 4.69) is 41.4 Å². The van der Waals surface area contributed by atoms with Crippen LogP contribution in [0.4, 0.5) is 0 Å². The van der Waals surface area contributed by atoms with Crippen molar-refractivity contribution >= 4 is 17.3 Å². The quantitative estimate of drug-likeness (QED) is 0.666. The van der Waals surface area contributed by atoms with Gasteiger partial charge in [-0.15, -0.1) is 11.3 Å². The predicted molar refractivity (Wildman–Crippen MR) is 95.1 cm³/mol. The number of hydrogen-bond acceptors (Lipinski definition) is 4. The van der Waals surface area contributed by atoms with Crippen LogP contribution in [0.25, 0.3) is 0 Å². The number of ether oxygens (including phenoxy) is 1. The van der Waals surface area contributed by atoms with Gasteiger partial charge in [0.1, 0.15) is 0 Å². The largest absolute Gasteiger partial charge is 0.381 e. The Balaban J connectivity index is 1.57. The van der Waals surface area contributed by atoms with Crippen LogP contribution in [0.5, 0.6) is 0 Å². The number of aromatic nitrogens is 1. The molecule has 0 aromatic carbocycles. The van der Waals surface area contributed by atoms with Gasteiger partial charge in [-0.3, -0.25) is 4.99 Å². The van der Waals surface area contributed by atoms with Gasteiger partial charge < -0.3 is 15.0 Å². The summed E-state index contributed by atoms with van der Waals surface area (Å²) in [5.41, 5.74) is 1.57. The number of guanidine groups is 1. The molecule has 0 amide bonds. The standard InChI is InChI=1S/C17H28N4OS/c1-16(2,3)14-20-13(10-23-14)9-19-15(18-4)21-7-5-17(11-21)6-8-22-12-17/h10H,5-9,11-12H2,1-4H3,(H,18,19). The summed E-state index contributed by atoms with van der Waals surface area (Å²) in [4.78, 5) is 11.6. The van der Waals surface area contributed by atoms with Crippen molar-refractivity contribution in [2.24, 2.45) is 10.4 Å². The summed E-state index contributed by atoms with van der Waals surface area (Å²) in [7, 11) is 1.86. The van der Waals surface area contributed by atoms with Crippen LogP contribution in [0.15, 0.2) is 10.4 Å². The molecule has 2 aliphatic heterocycles. The molecular formula is C17H28N4OS. The number of likely N-dealkylation sites (tertiary alicyclic amines) is 1. The van der Waals surface area contributed by atoms with Crippen molar-refractivity contribution in [1.82, 2.24) is 15.2 Å². The second-order valence-electron chi connectivity index (χ2n) is 7.77. The molecular weight excluding hydrogens is 308 g/mol. The van der Waals surface area contributed by atoms with Crippen LogP contribution in [-0.4, -0.2) is 49.2 Å². The molecule has 1 aromatic rings. The van der Waals surface area contributed by atoms with Crippen molar-refractivity contribution in [3.8, 4) is 0 Å². The molecule has 3 rings (SSSR count). The first kappa shape index (κ1) is 16.7. The molecule has 1 aromatic heterocycles. The van der Waals surface area contributed by atoms with Gasteiger partial charge in [-0.25, -0.2) is 4.98 Å². The lowest BCUT2D eigenvalue weighted by molar-refractivity contribution is 0.156. The Morgan fingerprint density at radius 3 is 2.91 bits per heavy atom. The fraction of sp³-hybridized carbons (Fsp3) is 0.765. The first-order chi connectivity index (χ1) is 10.9. The van der Waals surface area contributed by atoms with Gasteiger partial charge >= 0.3 is 0 Å². The zero-order chi connectivity index (χ0) is 16.5. The van der Waals surface area contributed by atoms with E-state index in [0.29, 0.717) is 5.41 Å². The zero-order valence-corrected chi connectivity index (χ0v) is 15.5. The molecule has 1 N–H and O–H groups in total. The molecule has 0 radical (unpaired) electrons. The van der Waals surface area contributed by atoms with Gasteiger partial charge in [0.05, 0.1) is 23.9 Å². The highest BCUT2D eigenvalue weighted by atomic mass is 32.1. The van der Waals surface area contributed by atoms with E-state index in [1.165, 1.54) is 17.8 Å². The van der Waals surface area contributed by atoms with Crippen LogP contribution < -0.4 is 5.32 Å². The fourth-order valence-corrected chi connectivity index (χ4v) is 4.23. The summed E-state index contributed by atoms with van der Waals surface area (Å²) >= 11 is 1.74. The maximum atomic E-state index is 5.61. The summed E-state index contributed by atoms with van der Waals surface area (Å²) in [5.74, 6) is 0.985. The van der Waals surface area contributed by atoms with Gasteiger partial charge in [0.2, 0.25) is 0 Å². The Labute approximate surface area is 143 Å². The van der Waals surface area contributed by atoms with Gasteiger partial charge in [0.25, 0.3) is 0 Å². The monoisotopic (exact) mass is 336 g/mol. The highest BCUT2D eigenvalue weighted by Crippen LogP contribution is 2.38. The summed E-state index contributed by atoms with van der Waals surface area (Å²) in [6, 6.07) is 0. The molecule has 0 aliphatic carbocycles. The Morgan fingerprint density at radius 1 is 1.48 bits per heavy atom. The van der Waals surface area contributed by atoms with Crippen LogP contribution in [-0.2, 0) is 16.7 Å². The second-order valence-corrected chi connectivity index (χ2v) is 8.63. The summed E-state index contributed by atoms with van der Waals surface area (Å²) in [5, 5.41) is 6.82. The van der Waals surface area contributed by atoms with Gasteiger partial charge in [-0.2, -0.15) is 0 Å². The van der Waals surface area contributed by atoms with Crippen molar-refractivity contribution in [1.29, 1.82) is 0 Å². The third kappa shape index (κ3) is 3.69. The van der Waals surface area contributed by atoms with Crippen LogP contribution in [0.2, 0.25) is 0 Å². The number of nitrogens with zero attached hydrogens (tertiary/aromatic N) is 3. The Kier molecular flexibility index (Phi) is 4.65. The van der Waals surface area contributed by atoms with E-state index in [9.17, 15) is 0 Å². The summed E-state index contributed by atoms with van der Waals surface area (Å²) < 4.78 is 5.61. The minimum absolute atomic E-state index is 0.119. The van der Waals surface area contributed by atoms with E-state index in [0.717, 1.165) is 44.5 Å². The summed E-state index contributed by atoms with van der Waals surface area (Å²) in [6.45, 7) is 11.3. The third-order valence-corrected chi connectivity index (χ3v) is 6.07. The topological polar surface area (TPSA) is 49.8 Å². The van der Waals surface area contributed by atoms with Crippen molar-refractivity contribution < 1.29 is 4.74 Å². The minimum Gasteiger partial charge on any atom is -0.381 e. The molecule has 128 valence electrons. The zero-order valence-electron chi connectivity index (χ0n) is 14.7. The molecule has 0 bridgehead atoms. The van der Waals surface area contributed by atoms with E-state index >= 15 is 0 Å². The lowest BCUT2D eigenvalue weighted by atomic mass is 9.87. The van der Waals surface area contributed by atoms with E-state index in [1.54, 1.807) is 11.3 Å². The molecule has 5 nitrogen and oxygen atoms in total. The molecule has 6 heteroatoms. The van der Waals surface area contributed by atoms with Gasteiger partial charge in [-0.1, -0.05) is 20.8 Å². The average molecular weight is 337 g/mol. The SMILES string of the molecule is CN=C(NCc1csc(C(C)(C)C)n1)N1CCC2(CCOC2)C1. The predicted octanol–water partition coefficient (Wildman–Crippen LogP) is 2.63. The smallest absolute Gasteiger partial charge is 0.193 e. The molecule has 23 heavy (non-hydrogen) atoms. The van der Waals surface area contributed by atoms with Crippen molar-refractivity contribution in [2.75, 3.05) is 33.4 Å². The molecule has 1 spiro atoms. The maximum Gasteiger partial charge on any atom is 0.193 e. The van der Waals surface area contributed by atoms with Crippen LogP contribution in [0, 0.1) is 5.41 Å². The first-order valence-electron chi connectivity index (χ1n) is 8.40. The lowest BCUT2D eigenvalue weighted by Crippen LogP contribution is -2.41. The van der Waals surface area contributed by atoms with Crippen molar-refractivity contribution in [2.45, 2.75) is 45.6 Å². The van der Waals surface area contributed by atoms with E-state index in [-0.39, 0.29) is 5.41 Å². The Bertz CT molecular complexity index is 569. The number of rotatable bonds is 2. The highest BCUT2D eigenvalue weighted by molar-refractivity contribution is 7.09. The first-order valence-corrected chi connectivity index (χ1v) is 9.28. The van der Waals surface area contributed by atoms with E-state index < -0.39 is 0 Å². The lowest BCUT2D eigenvalue weighted by Gasteiger charge is -2.24. The van der Waals surface area contributed by atoms with Gasteiger partial charge in [-0.05, 0) is 12.8 Å². The number of thiazole rings is 1. The molecule has 1 atom stereocenters. The molecule has 2 aliphatic rings. The Morgan fingerprint density at radius 2 is 2.30 bits per heavy atom. The number of aliphatic imine (C=N–C) groups is 1. The van der Waals surface area contributed by atoms with Crippen molar-refractivity contribution in [3.63, 3.8) is 0 Å². The van der Waals surface area contributed by atoms with Crippen LogP contribution >= 0.6 is 11.3 Å². The van der Waals surface area contributed by atoms with Gasteiger partial charge in [0.15, 0.2) is 5.96 Å². The minimum atomic E-state index is 0.119. The Hall–Kier alpha value is -1.14. The molecule has 2 saturated heterocycles. The summed E-state index contributed by atoms with van der Waals surface area (Å²) in [6.07, 6.45) is 2.39. The normalized spacial score (nSPS) is 25.6. The fourth-order valence-electron chi connectivity index (χ4n) is 3.32. The molecule has 0 saturated carbocycles. The van der Waals surface area contributed by atoms with Crippen LogP contribution in [0.1, 0.15) is 44.3 Å². The second kappa shape index (κ2) is 6.40. The maximum absolute atomic E-state index is 5.61. The number of hydrogen-bond donors (Lipinski definition) is 1. The molecule has 3 heterocycles. The van der Waals surface area contributed by atoms with Gasteiger partial charge in [0, 0.05) is 43.0 Å². The average Bonchev–Trinajstić information content (AvgIpc) is 3.22. The van der Waals surface area contributed by atoms with Crippen LogP contribution in [0.3, 0.4) is 0 Å². The third-order valence-electron chi connectivity index (χ3n) is 4.76. The number of nitrogens with one attached hydrogen (secondary N) is 1. The van der Waals surface area contributed by atoms with E-state index in [4.69, 9.17) is 9.72 Å².